The number of hydrogen-bond acceptors (Lipinski definition) is 4. The third kappa shape index (κ3) is 5.07. The van der Waals surface area contributed by atoms with Crippen LogP contribution in [0.25, 0.3) is 0 Å². The van der Waals surface area contributed by atoms with E-state index in [1.54, 1.807) is 12.3 Å². The molecule has 27 heavy (non-hydrogen) atoms. The van der Waals surface area contributed by atoms with Gasteiger partial charge in [-0.3, -0.25) is 4.79 Å². The summed E-state index contributed by atoms with van der Waals surface area (Å²) in [4.78, 5) is 16.6. The van der Waals surface area contributed by atoms with E-state index >= 15 is 0 Å². The van der Waals surface area contributed by atoms with Crippen LogP contribution < -0.4 is 15.4 Å². The number of ether oxygens (including phenoxy) is 1. The highest BCUT2D eigenvalue weighted by Crippen LogP contribution is 2.27. The molecule has 0 bridgehead atoms. The van der Waals surface area contributed by atoms with Gasteiger partial charge in [0.1, 0.15) is 11.6 Å². The van der Waals surface area contributed by atoms with Gasteiger partial charge in [0.05, 0.1) is 30.6 Å². The largest absolute Gasteiger partial charge is 0.492 e. The Morgan fingerprint density at radius 1 is 1.04 bits per heavy atom. The molecular formula is C22H23N3O2. The second kappa shape index (κ2) is 8.85. The number of para-hydroxylation sites is 2. The van der Waals surface area contributed by atoms with E-state index in [0.717, 1.165) is 28.3 Å². The number of benzene rings is 2. The fourth-order valence-electron chi connectivity index (χ4n) is 2.72. The number of carbonyl (C=O) groups excluding carboxylic acids is 1. The Balaban J connectivity index is 1.62. The van der Waals surface area contributed by atoms with Crippen molar-refractivity contribution in [3.8, 4) is 5.75 Å². The Hall–Kier alpha value is -3.34. The quantitative estimate of drug-likeness (QED) is 0.639. The van der Waals surface area contributed by atoms with Gasteiger partial charge in [0.25, 0.3) is 0 Å². The molecule has 0 fully saturated rings. The molecule has 0 unspecified atom stereocenters. The van der Waals surface area contributed by atoms with Crippen LogP contribution in [0.1, 0.15) is 18.1 Å². The van der Waals surface area contributed by atoms with Crippen molar-refractivity contribution in [2.24, 2.45) is 0 Å². The second-order valence-electron chi connectivity index (χ2n) is 6.14. The highest BCUT2D eigenvalue weighted by atomic mass is 16.5. The summed E-state index contributed by atoms with van der Waals surface area (Å²) in [6.45, 7) is 4.55. The van der Waals surface area contributed by atoms with Crippen LogP contribution in [0.4, 0.5) is 17.2 Å². The predicted molar refractivity (Wildman–Crippen MR) is 109 cm³/mol. The SMILES string of the molecule is CCOc1ccccc1Nc1ccc(NC(=O)Cc2ccccc2C)nc1. The van der Waals surface area contributed by atoms with Gasteiger partial charge < -0.3 is 15.4 Å². The minimum Gasteiger partial charge on any atom is -0.492 e. The fourth-order valence-corrected chi connectivity index (χ4v) is 2.72. The molecule has 5 nitrogen and oxygen atoms in total. The molecule has 138 valence electrons. The first-order valence-electron chi connectivity index (χ1n) is 8.95. The lowest BCUT2D eigenvalue weighted by atomic mass is 10.1. The van der Waals surface area contributed by atoms with E-state index in [2.05, 4.69) is 15.6 Å². The van der Waals surface area contributed by atoms with E-state index in [-0.39, 0.29) is 5.91 Å². The number of aromatic nitrogens is 1. The smallest absolute Gasteiger partial charge is 0.229 e. The summed E-state index contributed by atoms with van der Waals surface area (Å²) < 4.78 is 5.61. The number of carbonyl (C=O) groups is 1. The van der Waals surface area contributed by atoms with Gasteiger partial charge in [-0.25, -0.2) is 4.98 Å². The first-order chi connectivity index (χ1) is 13.2. The van der Waals surface area contributed by atoms with E-state index in [1.807, 2.05) is 68.4 Å². The van der Waals surface area contributed by atoms with Gasteiger partial charge in [-0.15, -0.1) is 0 Å². The summed E-state index contributed by atoms with van der Waals surface area (Å²) in [5.74, 6) is 1.23. The van der Waals surface area contributed by atoms with Crippen molar-refractivity contribution in [2.75, 3.05) is 17.2 Å². The normalized spacial score (nSPS) is 10.3. The van der Waals surface area contributed by atoms with E-state index in [4.69, 9.17) is 4.74 Å². The minimum absolute atomic E-state index is 0.0841. The lowest BCUT2D eigenvalue weighted by Gasteiger charge is -2.12. The summed E-state index contributed by atoms with van der Waals surface area (Å²) in [5, 5.41) is 6.12. The molecule has 2 aromatic carbocycles. The van der Waals surface area contributed by atoms with Crippen LogP contribution in [-0.2, 0) is 11.2 Å². The molecule has 1 aromatic heterocycles. The van der Waals surface area contributed by atoms with Gasteiger partial charge in [0, 0.05) is 0 Å². The van der Waals surface area contributed by atoms with E-state index in [1.165, 1.54) is 0 Å². The van der Waals surface area contributed by atoms with Crippen LogP contribution in [-0.4, -0.2) is 17.5 Å². The maximum atomic E-state index is 12.2. The number of nitrogens with one attached hydrogen (secondary N) is 2. The molecule has 0 saturated carbocycles. The molecule has 0 spiro atoms. The predicted octanol–water partition coefficient (Wildman–Crippen LogP) is 4.71. The zero-order valence-electron chi connectivity index (χ0n) is 15.5. The van der Waals surface area contributed by atoms with Crippen molar-refractivity contribution in [1.29, 1.82) is 0 Å². The molecular weight excluding hydrogens is 338 g/mol. The zero-order chi connectivity index (χ0) is 19.1. The number of hydrogen-bond donors (Lipinski definition) is 2. The first-order valence-corrected chi connectivity index (χ1v) is 8.95. The van der Waals surface area contributed by atoms with Crippen LogP contribution in [0.15, 0.2) is 66.9 Å². The number of aryl methyl sites for hydroxylation is 1. The van der Waals surface area contributed by atoms with E-state index in [0.29, 0.717) is 18.8 Å². The first kappa shape index (κ1) is 18.5. The summed E-state index contributed by atoms with van der Waals surface area (Å²) in [6.07, 6.45) is 2.02. The molecule has 1 amide bonds. The van der Waals surface area contributed by atoms with Crippen LogP contribution in [0.2, 0.25) is 0 Å². The molecule has 2 N–H and O–H groups in total. The van der Waals surface area contributed by atoms with Crippen molar-refractivity contribution in [1.82, 2.24) is 4.98 Å². The third-order valence-corrected chi connectivity index (χ3v) is 4.11. The molecule has 0 aliphatic heterocycles. The van der Waals surface area contributed by atoms with Crippen molar-refractivity contribution in [2.45, 2.75) is 20.3 Å². The lowest BCUT2D eigenvalue weighted by molar-refractivity contribution is -0.115. The van der Waals surface area contributed by atoms with Gasteiger partial charge in [-0.1, -0.05) is 36.4 Å². The number of anilines is 3. The number of nitrogens with zero attached hydrogens (tertiary/aromatic N) is 1. The Kier molecular flexibility index (Phi) is 6.05. The van der Waals surface area contributed by atoms with Gasteiger partial charge in [0.15, 0.2) is 0 Å². The van der Waals surface area contributed by atoms with Gasteiger partial charge in [-0.2, -0.15) is 0 Å². The maximum Gasteiger partial charge on any atom is 0.229 e. The molecule has 0 aliphatic rings. The number of pyridine rings is 1. The Bertz CT molecular complexity index is 907. The lowest BCUT2D eigenvalue weighted by Crippen LogP contribution is -2.15. The third-order valence-electron chi connectivity index (χ3n) is 4.11. The minimum atomic E-state index is -0.0841. The van der Waals surface area contributed by atoms with Crippen molar-refractivity contribution in [3.63, 3.8) is 0 Å². The molecule has 3 aromatic rings. The Morgan fingerprint density at radius 3 is 2.56 bits per heavy atom. The molecule has 0 aliphatic carbocycles. The van der Waals surface area contributed by atoms with Crippen LogP contribution in [0, 0.1) is 6.92 Å². The highest BCUT2D eigenvalue weighted by molar-refractivity contribution is 5.91. The molecule has 0 atom stereocenters. The highest BCUT2D eigenvalue weighted by Gasteiger charge is 2.07. The second-order valence-corrected chi connectivity index (χ2v) is 6.14. The van der Waals surface area contributed by atoms with Gasteiger partial charge in [-0.05, 0) is 49.2 Å². The van der Waals surface area contributed by atoms with E-state index < -0.39 is 0 Å². The topological polar surface area (TPSA) is 63.2 Å². The maximum absolute atomic E-state index is 12.2. The molecule has 1 heterocycles. The Morgan fingerprint density at radius 2 is 1.81 bits per heavy atom. The van der Waals surface area contributed by atoms with E-state index in [9.17, 15) is 4.79 Å². The molecule has 0 saturated heterocycles. The zero-order valence-corrected chi connectivity index (χ0v) is 15.5. The molecule has 5 heteroatoms. The average Bonchev–Trinajstić information content (AvgIpc) is 2.67. The van der Waals surface area contributed by atoms with Crippen LogP contribution >= 0.6 is 0 Å². The summed E-state index contributed by atoms with van der Waals surface area (Å²) in [7, 11) is 0. The fraction of sp³-hybridized carbons (Fsp3) is 0.182. The average molecular weight is 361 g/mol. The van der Waals surface area contributed by atoms with Crippen LogP contribution in [0.5, 0.6) is 5.75 Å². The van der Waals surface area contributed by atoms with Crippen molar-refractivity contribution < 1.29 is 9.53 Å². The molecule has 0 radical (unpaired) electrons. The van der Waals surface area contributed by atoms with Crippen molar-refractivity contribution >= 4 is 23.1 Å². The monoisotopic (exact) mass is 361 g/mol. The Labute approximate surface area is 159 Å². The standard InChI is InChI=1S/C22H23N3O2/c1-3-27-20-11-7-6-10-19(20)24-18-12-13-21(23-15-18)25-22(26)14-17-9-5-4-8-16(17)2/h4-13,15,24H,3,14H2,1-2H3,(H,23,25,26). The number of rotatable bonds is 7. The summed E-state index contributed by atoms with van der Waals surface area (Å²) in [6, 6.07) is 19.3. The summed E-state index contributed by atoms with van der Waals surface area (Å²) >= 11 is 0. The van der Waals surface area contributed by atoms with Gasteiger partial charge in [0.2, 0.25) is 5.91 Å². The molecule has 3 rings (SSSR count). The number of amides is 1. The van der Waals surface area contributed by atoms with Crippen molar-refractivity contribution in [3.05, 3.63) is 78.0 Å². The van der Waals surface area contributed by atoms with Gasteiger partial charge >= 0.3 is 0 Å². The van der Waals surface area contributed by atoms with Crippen LogP contribution in [0.3, 0.4) is 0 Å². The summed E-state index contributed by atoms with van der Waals surface area (Å²) in [5.41, 5.74) is 3.81.